The van der Waals surface area contributed by atoms with Crippen molar-refractivity contribution in [1.82, 2.24) is 0 Å². The first-order chi connectivity index (χ1) is 7.26. The molecule has 2 rings (SSSR count). The second-order valence-electron chi connectivity index (χ2n) is 3.27. The summed E-state index contributed by atoms with van der Waals surface area (Å²) in [6, 6.07) is 7.79. The van der Waals surface area contributed by atoms with E-state index in [0.717, 1.165) is 20.7 Å². The van der Waals surface area contributed by atoms with Gasteiger partial charge in [-0.15, -0.1) is 11.3 Å². The molecule has 0 unspecified atom stereocenters. The van der Waals surface area contributed by atoms with Gasteiger partial charge in [0, 0.05) is 6.42 Å². The molecule has 0 N–H and O–H groups in total. The van der Waals surface area contributed by atoms with E-state index in [9.17, 15) is 4.79 Å². The van der Waals surface area contributed by atoms with Crippen LogP contribution in [0.15, 0.2) is 24.3 Å². The molecule has 0 fully saturated rings. The number of rotatable bonds is 3. The Bertz CT molecular complexity index is 499. The first-order valence-electron chi connectivity index (χ1n) is 4.86. The summed E-state index contributed by atoms with van der Waals surface area (Å²) in [5, 5.41) is 1.08. The van der Waals surface area contributed by atoms with Crippen LogP contribution in [0.4, 0.5) is 0 Å². The largest absolute Gasteiger partial charge is 0.495 e. The molecule has 0 spiro atoms. The fourth-order valence-electron chi connectivity index (χ4n) is 1.51. The summed E-state index contributed by atoms with van der Waals surface area (Å²) in [6.45, 7) is 1.88. The summed E-state index contributed by atoms with van der Waals surface area (Å²) in [7, 11) is 1.65. The Hall–Kier alpha value is -1.35. The van der Waals surface area contributed by atoms with Crippen LogP contribution >= 0.6 is 11.3 Å². The van der Waals surface area contributed by atoms with Crippen molar-refractivity contribution < 1.29 is 9.53 Å². The van der Waals surface area contributed by atoms with Crippen molar-refractivity contribution in [2.75, 3.05) is 7.11 Å². The Labute approximate surface area is 92.5 Å². The Morgan fingerprint density at radius 3 is 2.93 bits per heavy atom. The van der Waals surface area contributed by atoms with Crippen molar-refractivity contribution >= 4 is 27.2 Å². The number of carbonyl (C=O) groups is 1. The van der Waals surface area contributed by atoms with Gasteiger partial charge < -0.3 is 4.74 Å². The summed E-state index contributed by atoms with van der Waals surface area (Å²) in [5.74, 6) is 1.03. The number of hydrogen-bond acceptors (Lipinski definition) is 3. The van der Waals surface area contributed by atoms with Gasteiger partial charge in [0.25, 0.3) is 0 Å². The lowest BCUT2D eigenvalue weighted by atomic mass is 10.2. The van der Waals surface area contributed by atoms with Gasteiger partial charge in [-0.25, -0.2) is 0 Å². The summed E-state index contributed by atoms with van der Waals surface area (Å²) in [6.07, 6.45) is 0.551. The smallest absolute Gasteiger partial charge is 0.172 e. The highest BCUT2D eigenvalue weighted by Gasteiger charge is 2.10. The van der Waals surface area contributed by atoms with Gasteiger partial charge in [0.15, 0.2) is 5.78 Å². The summed E-state index contributed by atoms with van der Waals surface area (Å²) in [5.41, 5.74) is 0. The second-order valence-corrected chi connectivity index (χ2v) is 4.32. The van der Waals surface area contributed by atoms with Crippen molar-refractivity contribution in [3.8, 4) is 5.75 Å². The highest BCUT2D eigenvalue weighted by Crippen LogP contribution is 2.33. The van der Waals surface area contributed by atoms with E-state index >= 15 is 0 Å². The van der Waals surface area contributed by atoms with E-state index in [2.05, 4.69) is 0 Å². The van der Waals surface area contributed by atoms with E-state index in [4.69, 9.17) is 4.74 Å². The number of carbonyl (C=O) groups excluding carboxylic acids is 1. The van der Waals surface area contributed by atoms with E-state index in [-0.39, 0.29) is 5.78 Å². The molecule has 2 aromatic rings. The Morgan fingerprint density at radius 1 is 1.47 bits per heavy atom. The zero-order valence-electron chi connectivity index (χ0n) is 8.74. The molecule has 2 nitrogen and oxygen atoms in total. The number of thiophene rings is 1. The lowest BCUT2D eigenvalue weighted by Gasteiger charge is -1.98. The highest BCUT2D eigenvalue weighted by atomic mass is 32.1. The average Bonchev–Trinajstić information content (AvgIpc) is 2.71. The molecule has 0 saturated carbocycles. The number of ketones is 1. The van der Waals surface area contributed by atoms with Crippen LogP contribution in [0, 0.1) is 0 Å². The third-order valence-electron chi connectivity index (χ3n) is 2.32. The molecule has 1 aromatic carbocycles. The van der Waals surface area contributed by atoms with Crippen molar-refractivity contribution in [2.45, 2.75) is 13.3 Å². The maximum Gasteiger partial charge on any atom is 0.172 e. The van der Waals surface area contributed by atoms with Gasteiger partial charge in [-0.3, -0.25) is 4.79 Å². The maximum atomic E-state index is 11.6. The number of Topliss-reactive ketones (excluding diaryl/α,β-unsaturated/α-hetero) is 1. The minimum Gasteiger partial charge on any atom is -0.495 e. The number of benzene rings is 1. The molecule has 0 bridgehead atoms. The summed E-state index contributed by atoms with van der Waals surface area (Å²) < 4.78 is 6.31. The Kier molecular flexibility index (Phi) is 2.73. The fraction of sp³-hybridized carbons (Fsp3) is 0.250. The van der Waals surface area contributed by atoms with Crippen LogP contribution in [0.2, 0.25) is 0 Å². The summed E-state index contributed by atoms with van der Waals surface area (Å²) in [4.78, 5) is 12.4. The van der Waals surface area contributed by atoms with E-state index in [0.29, 0.717) is 6.42 Å². The molecule has 15 heavy (non-hydrogen) atoms. The predicted molar refractivity (Wildman–Crippen MR) is 63.0 cm³/mol. The van der Waals surface area contributed by atoms with Crippen LogP contribution in [0.1, 0.15) is 23.0 Å². The van der Waals surface area contributed by atoms with Gasteiger partial charge >= 0.3 is 0 Å². The molecule has 1 aromatic heterocycles. The van der Waals surface area contributed by atoms with Gasteiger partial charge in [0.1, 0.15) is 5.75 Å². The lowest BCUT2D eigenvalue weighted by molar-refractivity contribution is 0.0992. The molecule has 0 saturated heterocycles. The average molecular weight is 220 g/mol. The number of ether oxygens (including phenoxy) is 1. The SMILES string of the molecule is CCC(=O)c1cc2cccc(OC)c2s1. The zero-order chi connectivity index (χ0) is 10.8. The third-order valence-corrected chi connectivity index (χ3v) is 3.53. The monoisotopic (exact) mass is 220 g/mol. The fourth-order valence-corrected chi connectivity index (χ4v) is 2.67. The second kappa shape index (κ2) is 4.03. The van der Waals surface area contributed by atoms with E-state index in [1.807, 2.05) is 31.2 Å². The van der Waals surface area contributed by atoms with E-state index in [1.165, 1.54) is 11.3 Å². The van der Waals surface area contributed by atoms with Gasteiger partial charge in [-0.1, -0.05) is 19.1 Å². The van der Waals surface area contributed by atoms with Crippen molar-refractivity contribution in [1.29, 1.82) is 0 Å². The molecule has 0 aliphatic rings. The van der Waals surface area contributed by atoms with Crippen molar-refractivity contribution in [3.63, 3.8) is 0 Å². The third kappa shape index (κ3) is 1.75. The molecule has 0 atom stereocenters. The topological polar surface area (TPSA) is 26.3 Å². The van der Waals surface area contributed by atoms with Crippen LogP contribution < -0.4 is 4.74 Å². The molecular formula is C12H12O2S. The number of hydrogen-bond donors (Lipinski definition) is 0. The summed E-state index contributed by atoms with van der Waals surface area (Å²) >= 11 is 1.51. The van der Waals surface area contributed by atoms with Crippen LogP contribution in [-0.2, 0) is 0 Å². The molecule has 1 heterocycles. The zero-order valence-corrected chi connectivity index (χ0v) is 9.56. The Balaban J connectivity index is 2.60. The molecule has 0 aliphatic carbocycles. The minimum absolute atomic E-state index is 0.193. The van der Waals surface area contributed by atoms with Crippen LogP contribution in [-0.4, -0.2) is 12.9 Å². The standard InChI is InChI=1S/C12H12O2S/c1-3-9(13)11-7-8-5-4-6-10(14-2)12(8)15-11/h4-7H,3H2,1-2H3. The van der Waals surface area contributed by atoms with E-state index in [1.54, 1.807) is 7.11 Å². The van der Waals surface area contributed by atoms with Gasteiger partial charge in [0.2, 0.25) is 0 Å². The number of fused-ring (bicyclic) bond motifs is 1. The normalized spacial score (nSPS) is 10.5. The van der Waals surface area contributed by atoms with Crippen LogP contribution in [0.25, 0.3) is 10.1 Å². The first-order valence-corrected chi connectivity index (χ1v) is 5.67. The molecule has 0 radical (unpaired) electrons. The van der Waals surface area contributed by atoms with Crippen LogP contribution in [0.5, 0.6) is 5.75 Å². The van der Waals surface area contributed by atoms with Crippen LogP contribution in [0.3, 0.4) is 0 Å². The lowest BCUT2D eigenvalue weighted by Crippen LogP contribution is -1.90. The van der Waals surface area contributed by atoms with E-state index < -0.39 is 0 Å². The molecule has 78 valence electrons. The van der Waals surface area contributed by atoms with Crippen molar-refractivity contribution in [2.24, 2.45) is 0 Å². The van der Waals surface area contributed by atoms with Gasteiger partial charge in [0.05, 0.1) is 16.7 Å². The molecule has 0 amide bonds. The predicted octanol–water partition coefficient (Wildman–Crippen LogP) is 3.50. The van der Waals surface area contributed by atoms with Crippen molar-refractivity contribution in [3.05, 3.63) is 29.1 Å². The first kappa shape index (κ1) is 10.2. The molecule has 3 heteroatoms. The number of methoxy groups -OCH3 is 1. The quantitative estimate of drug-likeness (QED) is 0.740. The highest BCUT2D eigenvalue weighted by molar-refractivity contribution is 7.21. The molecule has 0 aliphatic heterocycles. The Morgan fingerprint density at radius 2 is 2.27 bits per heavy atom. The van der Waals surface area contributed by atoms with Gasteiger partial charge in [-0.2, -0.15) is 0 Å². The maximum absolute atomic E-state index is 11.6. The minimum atomic E-state index is 0.193. The van der Waals surface area contributed by atoms with Gasteiger partial charge in [-0.05, 0) is 17.5 Å². The molecular weight excluding hydrogens is 208 g/mol.